The van der Waals surface area contributed by atoms with E-state index in [0.29, 0.717) is 11.5 Å². The van der Waals surface area contributed by atoms with Gasteiger partial charge in [0.05, 0.1) is 19.1 Å². The second-order valence-corrected chi connectivity index (χ2v) is 6.92. The van der Waals surface area contributed by atoms with E-state index in [1.807, 2.05) is 40.6 Å². The predicted molar refractivity (Wildman–Crippen MR) is 90.1 cm³/mol. The summed E-state index contributed by atoms with van der Waals surface area (Å²) in [4.78, 5) is 15.4. The fourth-order valence-electron chi connectivity index (χ4n) is 2.58. The highest BCUT2D eigenvalue weighted by Gasteiger charge is 2.34. The molecular formula is C16H17NO3S2. The van der Waals surface area contributed by atoms with Gasteiger partial charge >= 0.3 is 0 Å². The number of hydrogen-bond donors (Lipinski definition) is 0. The summed E-state index contributed by atoms with van der Waals surface area (Å²) in [6.45, 7) is 0.742. The number of para-hydroxylation sites is 1. The van der Waals surface area contributed by atoms with Gasteiger partial charge in [-0.25, -0.2) is 0 Å². The van der Waals surface area contributed by atoms with E-state index in [0.717, 1.165) is 22.7 Å². The van der Waals surface area contributed by atoms with Crippen LogP contribution in [0, 0.1) is 0 Å². The zero-order valence-electron chi connectivity index (χ0n) is 12.4. The van der Waals surface area contributed by atoms with Crippen molar-refractivity contribution in [2.75, 3.05) is 26.5 Å². The molecule has 0 saturated carbocycles. The van der Waals surface area contributed by atoms with Crippen LogP contribution in [0.4, 0.5) is 0 Å². The maximum atomic E-state index is 12.7. The Morgan fingerprint density at radius 1 is 1.23 bits per heavy atom. The molecule has 6 heteroatoms. The molecule has 0 bridgehead atoms. The van der Waals surface area contributed by atoms with Crippen LogP contribution in [0.5, 0.6) is 11.5 Å². The largest absolute Gasteiger partial charge is 0.493 e. The Labute approximate surface area is 138 Å². The SMILES string of the molecule is COc1cccc([C@@H]2SCCN2C(=O)c2cccs2)c1OC. The molecule has 1 aliphatic heterocycles. The molecule has 0 aliphatic carbocycles. The molecule has 1 aliphatic rings. The van der Waals surface area contributed by atoms with Crippen molar-refractivity contribution in [3.63, 3.8) is 0 Å². The minimum absolute atomic E-state index is 0.0420. The van der Waals surface area contributed by atoms with Crippen LogP contribution < -0.4 is 9.47 Å². The molecule has 1 aromatic carbocycles. The average Bonchev–Trinajstić information content (AvgIpc) is 3.24. The van der Waals surface area contributed by atoms with E-state index in [2.05, 4.69) is 0 Å². The molecular weight excluding hydrogens is 318 g/mol. The molecule has 3 rings (SSSR count). The lowest BCUT2D eigenvalue weighted by Gasteiger charge is -2.25. The van der Waals surface area contributed by atoms with Crippen molar-refractivity contribution >= 4 is 29.0 Å². The summed E-state index contributed by atoms with van der Waals surface area (Å²) in [5.74, 6) is 2.39. The highest BCUT2D eigenvalue weighted by atomic mass is 32.2. The Morgan fingerprint density at radius 3 is 2.77 bits per heavy atom. The first-order valence-corrected chi connectivity index (χ1v) is 8.86. The highest BCUT2D eigenvalue weighted by molar-refractivity contribution is 7.99. The number of nitrogens with zero attached hydrogens (tertiary/aromatic N) is 1. The zero-order chi connectivity index (χ0) is 15.5. The summed E-state index contributed by atoms with van der Waals surface area (Å²) in [5, 5.41) is 1.89. The van der Waals surface area contributed by atoms with Crippen LogP contribution in [0.2, 0.25) is 0 Å². The van der Waals surface area contributed by atoms with Gasteiger partial charge in [-0.1, -0.05) is 18.2 Å². The monoisotopic (exact) mass is 335 g/mol. The van der Waals surface area contributed by atoms with Crippen LogP contribution in [-0.2, 0) is 0 Å². The molecule has 0 N–H and O–H groups in total. The van der Waals surface area contributed by atoms with E-state index in [9.17, 15) is 4.79 Å². The van der Waals surface area contributed by atoms with E-state index in [-0.39, 0.29) is 11.3 Å². The van der Waals surface area contributed by atoms with Crippen LogP contribution in [0.25, 0.3) is 0 Å². The Balaban J connectivity index is 1.95. The van der Waals surface area contributed by atoms with E-state index in [4.69, 9.17) is 9.47 Å². The van der Waals surface area contributed by atoms with Crippen molar-refractivity contribution in [1.29, 1.82) is 0 Å². The van der Waals surface area contributed by atoms with E-state index in [1.54, 1.807) is 26.0 Å². The number of carbonyl (C=O) groups is 1. The standard InChI is InChI=1S/C16H17NO3S2/c1-19-12-6-3-5-11(14(12)20-2)16-17(8-10-22-16)15(18)13-7-4-9-21-13/h3-7,9,16H,8,10H2,1-2H3/t16-/m0/s1. The number of carbonyl (C=O) groups excluding carboxylic acids is 1. The average molecular weight is 335 g/mol. The van der Waals surface area contributed by atoms with Crippen molar-refractivity contribution in [1.82, 2.24) is 4.90 Å². The number of amides is 1. The predicted octanol–water partition coefficient (Wildman–Crippen LogP) is 3.65. The summed E-state index contributed by atoms with van der Waals surface area (Å²) < 4.78 is 10.9. The lowest BCUT2D eigenvalue weighted by Crippen LogP contribution is -2.30. The van der Waals surface area contributed by atoms with Crippen molar-refractivity contribution in [2.24, 2.45) is 0 Å². The Morgan fingerprint density at radius 2 is 2.09 bits per heavy atom. The van der Waals surface area contributed by atoms with E-state index >= 15 is 0 Å². The zero-order valence-corrected chi connectivity index (χ0v) is 14.1. The van der Waals surface area contributed by atoms with Crippen LogP contribution in [0.3, 0.4) is 0 Å². The van der Waals surface area contributed by atoms with Gasteiger partial charge in [0.25, 0.3) is 5.91 Å². The van der Waals surface area contributed by atoms with Crippen LogP contribution in [-0.4, -0.2) is 37.3 Å². The highest BCUT2D eigenvalue weighted by Crippen LogP contribution is 2.45. The third-order valence-corrected chi connectivity index (χ3v) is 5.68. The van der Waals surface area contributed by atoms with Crippen molar-refractivity contribution in [3.8, 4) is 11.5 Å². The smallest absolute Gasteiger partial charge is 0.265 e. The molecule has 2 heterocycles. The van der Waals surface area contributed by atoms with Gasteiger partial charge in [0.2, 0.25) is 0 Å². The normalized spacial score (nSPS) is 17.5. The number of rotatable bonds is 4. The second kappa shape index (κ2) is 6.62. The molecule has 4 nitrogen and oxygen atoms in total. The number of thioether (sulfide) groups is 1. The van der Waals surface area contributed by atoms with Crippen molar-refractivity contribution in [2.45, 2.75) is 5.37 Å². The van der Waals surface area contributed by atoms with Gasteiger partial charge in [0, 0.05) is 17.9 Å². The number of benzene rings is 1. The van der Waals surface area contributed by atoms with E-state index < -0.39 is 0 Å². The third-order valence-electron chi connectivity index (χ3n) is 3.58. The number of thiophene rings is 1. The Kier molecular flexibility index (Phi) is 4.59. The molecule has 1 fully saturated rings. The van der Waals surface area contributed by atoms with Gasteiger partial charge in [-0.2, -0.15) is 0 Å². The topological polar surface area (TPSA) is 38.8 Å². The van der Waals surface area contributed by atoms with Crippen molar-refractivity contribution in [3.05, 3.63) is 46.2 Å². The minimum Gasteiger partial charge on any atom is -0.493 e. The molecule has 1 atom stereocenters. The molecule has 1 aromatic heterocycles. The first-order chi connectivity index (χ1) is 10.8. The Bertz CT molecular complexity index is 657. The summed E-state index contributed by atoms with van der Waals surface area (Å²) in [6.07, 6.45) is 0. The maximum Gasteiger partial charge on any atom is 0.265 e. The van der Waals surface area contributed by atoms with Crippen LogP contribution in [0.15, 0.2) is 35.7 Å². The minimum atomic E-state index is -0.0420. The number of hydrogen-bond acceptors (Lipinski definition) is 5. The molecule has 2 aromatic rings. The lowest BCUT2D eigenvalue weighted by molar-refractivity contribution is 0.0764. The van der Waals surface area contributed by atoms with E-state index in [1.165, 1.54) is 11.3 Å². The summed E-state index contributed by atoms with van der Waals surface area (Å²) >= 11 is 3.23. The molecule has 0 spiro atoms. The van der Waals surface area contributed by atoms with Gasteiger partial charge in [-0.15, -0.1) is 23.1 Å². The number of ether oxygens (including phenoxy) is 2. The summed E-state index contributed by atoms with van der Waals surface area (Å²) in [5.41, 5.74) is 0.981. The molecule has 22 heavy (non-hydrogen) atoms. The van der Waals surface area contributed by atoms with Gasteiger partial charge in [0.1, 0.15) is 5.37 Å². The second-order valence-electron chi connectivity index (χ2n) is 4.78. The third kappa shape index (κ3) is 2.68. The fourth-order valence-corrected chi connectivity index (χ4v) is 4.53. The van der Waals surface area contributed by atoms with Crippen molar-refractivity contribution < 1.29 is 14.3 Å². The van der Waals surface area contributed by atoms with Gasteiger partial charge in [0.15, 0.2) is 11.5 Å². The van der Waals surface area contributed by atoms with Gasteiger partial charge in [-0.05, 0) is 17.5 Å². The summed E-state index contributed by atoms with van der Waals surface area (Å²) in [6, 6.07) is 9.58. The molecule has 0 radical (unpaired) electrons. The molecule has 0 unspecified atom stereocenters. The fraction of sp³-hybridized carbons (Fsp3) is 0.312. The summed E-state index contributed by atoms with van der Waals surface area (Å²) in [7, 11) is 3.25. The molecule has 116 valence electrons. The van der Waals surface area contributed by atoms with Crippen LogP contribution in [0.1, 0.15) is 20.6 Å². The maximum absolute atomic E-state index is 12.7. The Hall–Kier alpha value is -1.66. The first-order valence-electron chi connectivity index (χ1n) is 6.93. The molecule has 1 saturated heterocycles. The first kappa shape index (κ1) is 15.2. The molecule has 1 amide bonds. The van der Waals surface area contributed by atoms with Crippen LogP contribution >= 0.6 is 23.1 Å². The number of methoxy groups -OCH3 is 2. The van der Waals surface area contributed by atoms with Gasteiger partial charge < -0.3 is 14.4 Å². The quantitative estimate of drug-likeness (QED) is 0.855. The van der Waals surface area contributed by atoms with Gasteiger partial charge in [-0.3, -0.25) is 4.79 Å². The lowest BCUT2D eigenvalue weighted by atomic mass is 10.1.